The Morgan fingerprint density at radius 3 is 2.65 bits per heavy atom. The minimum absolute atomic E-state index is 0.00934. The molecule has 2 amide bonds. The van der Waals surface area contributed by atoms with Crippen LogP contribution in [0.1, 0.15) is 54.7 Å². The van der Waals surface area contributed by atoms with Gasteiger partial charge in [-0.25, -0.2) is 14.8 Å². The summed E-state index contributed by atoms with van der Waals surface area (Å²) in [6.07, 6.45) is 0.770. The van der Waals surface area contributed by atoms with Crippen molar-refractivity contribution in [3.05, 3.63) is 53.1 Å². The average molecular weight is 433 g/mol. The van der Waals surface area contributed by atoms with Crippen LogP contribution in [0.2, 0.25) is 0 Å². The third kappa shape index (κ3) is 5.30. The van der Waals surface area contributed by atoms with E-state index in [1.54, 1.807) is 6.07 Å². The molecule has 0 unspecified atom stereocenters. The molecule has 0 aliphatic heterocycles. The second kappa shape index (κ2) is 9.31. The molecule has 3 rings (SSSR count). The van der Waals surface area contributed by atoms with Crippen molar-refractivity contribution in [1.29, 1.82) is 5.26 Å². The van der Waals surface area contributed by atoms with E-state index >= 15 is 0 Å². The third-order valence-electron chi connectivity index (χ3n) is 5.29. The highest BCUT2D eigenvalue weighted by Crippen LogP contribution is 2.37. The molecule has 7 nitrogen and oxygen atoms in total. The van der Waals surface area contributed by atoms with Crippen LogP contribution in [0, 0.1) is 11.3 Å². The Morgan fingerprint density at radius 1 is 1.26 bits per heavy atom. The number of hydrogen-bond donors (Lipinski definition) is 2. The summed E-state index contributed by atoms with van der Waals surface area (Å²) < 4.78 is 44.5. The number of ether oxygens (including phenoxy) is 1. The van der Waals surface area contributed by atoms with E-state index in [0.717, 1.165) is 31.4 Å². The minimum atomic E-state index is -4.54. The fourth-order valence-electron chi connectivity index (χ4n) is 3.80. The van der Waals surface area contributed by atoms with E-state index in [0.29, 0.717) is 24.1 Å². The first-order valence-electron chi connectivity index (χ1n) is 9.79. The Hall–Kier alpha value is -3.19. The lowest BCUT2D eigenvalue weighted by molar-refractivity contribution is -0.137. The van der Waals surface area contributed by atoms with Crippen molar-refractivity contribution in [1.82, 2.24) is 15.3 Å². The molecule has 0 saturated heterocycles. The molecule has 0 bridgehead atoms. The molecule has 1 aliphatic rings. The van der Waals surface area contributed by atoms with E-state index < -0.39 is 23.3 Å². The Labute approximate surface area is 177 Å². The number of benzene rings is 1. The predicted octanol–water partition coefficient (Wildman–Crippen LogP) is 4.49. The normalized spacial score (nSPS) is 15.7. The summed E-state index contributed by atoms with van der Waals surface area (Å²) in [5, 5.41) is 14.6. The summed E-state index contributed by atoms with van der Waals surface area (Å²) in [7, 11) is 1.42. The Bertz CT molecular complexity index is 982. The van der Waals surface area contributed by atoms with Crippen LogP contribution in [0.25, 0.3) is 0 Å². The van der Waals surface area contributed by atoms with E-state index in [1.165, 1.54) is 19.4 Å². The van der Waals surface area contributed by atoms with Gasteiger partial charge in [-0.15, -0.1) is 0 Å². The molecule has 2 N–H and O–H groups in total. The van der Waals surface area contributed by atoms with Crippen LogP contribution in [0.15, 0.2) is 30.5 Å². The van der Waals surface area contributed by atoms with Gasteiger partial charge in [0.25, 0.3) is 0 Å². The van der Waals surface area contributed by atoms with Crippen molar-refractivity contribution in [2.75, 3.05) is 12.4 Å². The molecule has 1 aliphatic carbocycles. The molecule has 164 valence electrons. The first-order chi connectivity index (χ1) is 14.8. The smallest absolute Gasteiger partial charge is 0.380 e. The molecule has 0 atom stereocenters. The topological polar surface area (TPSA) is 99.9 Å². The number of nitriles is 1. The van der Waals surface area contributed by atoms with Crippen LogP contribution in [-0.2, 0) is 23.1 Å². The standard InChI is InChI=1S/C21H22F3N5O2/c1-31-13-14-5-6-15(21(22,23)24)11-16(14)27-19(30)29-20(8-3-2-4-9-20)17-7-10-26-18(12-25)28-17/h5-7,10-11H,2-4,8-9,13H2,1H3,(H2,27,29,30). The van der Waals surface area contributed by atoms with Gasteiger partial charge >= 0.3 is 12.2 Å². The van der Waals surface area contributed by atoms with Crippen molar-refractivity contribution in [3.63, 3.8) is 0 Å². The molecule has 0 radical (unpaired) electrons. The van der Waals surface area contributed by atoms with Crippen LogP contribution in [0.4, 0.5) is 23.7 Å². The molecule has 1 aromatic carbocycles. The zero-order valence-electron chi connectivity index (χ0n) is 16.9. The van der Waals surface area contributed by atoms with Gasteiger partial charge in [-0.2, -0.15) is 18.4 Å². The van der Waals surface area contributed by atoms with E-state index in [2.05, 4.69) is 20.6 Å². The molecule has 1 fully saturated rings. The van der Waals surface area contributed by atoms with Gasteiger partial charge in [0.2, 0.25) is 5.82 Å². The van der Waals surface area contributed by atoms with Gasteiger partial charge in [0.1, 0.15) is 6.07 Å². The van der Waals surface area contributed by atoms with Crippen molar-refractivity contribution in [3.8, 4) is 6.07 Å². The van der Waals surface area contributed by atoms with E-state index in [9.17, 15) is 18.0 Å². The second-order valence-electron chi connectivity index (χ2n) is 7.40. The molecular weight excluding hydrogens is 411 g/mol. The van der Waals surface area contributed by atoms with Crippen LogP contribution in [-0.4, -0.2) is 23.1 Å². The lowest BCUT2D eigenvalue weighted by Crippen LogP contribution is -2.49. The van der Waals surface area contributed by atoms with Gasteiger partial charge in [0.05, 0.1) is 23.4 Å². The number of nitrogens with zero attached hydrogens (tertiary/aromatic N) is 3. The number of anilines is 1. The first-order valence-corrected chi connectivity index (χ1v) is 9.79. The highest BCUT2D eigenvalue weighted by atomic mass is 19.4. The summed E-state index contributed by atoms with van der Waals surface area (Å²) in [6.45, 7) is 0.0380. The number of hydrogen-bond acceptors (Lipinski definition) is 5. The predicted molar refractivity (Wildman–Crippen MR) is 106 cm³/mol. The summed E-state index contributed by atoms with van der Waals surface area (Å²) >= 11 is 0. The van der Waals surface area contributed by atoms with Gasteiger partial charge in [-0.05, 0) is 31.0 Å². The number of alkyl halides is 3. The number of rotatable bonds is 5. The fraction of sp³-hybridized carbons (Fsp3) is 0.429. The van der Waals surface area contributed by atoms with Crippen molar-refractivity contribution < 1.29 is 22.7 Å². The Balaban J connectivity index is 1.89. The molecule has 1 saturated carbocycles. The summed E-state index contributed by atoms with van der Waals surface area (Å²) in [5.41, 5.74) is -0.767. The lowest BCUT2D eigenvalue weighted by atomic mass is 9.79. The third-order valence-corrected chi connectivity index (χ3v) is 5.29. The number of carbonyl (C=O) groups excluding carboxylic acids is 1. The zero-order chi connectivity index (χ0) is 22.5. The van der Waals surface area contributed by atoms with Gasteiger partial charge in [0, 0.05) is 24.6 Å². The molecule has 1 aromatic heterocycles. The SMILES string of the molecule is COCc1ccc(C(F)(F)F)cc1NC(=O)NC1(c2ccnc(C#N)n2)CCCCC1. The summed E-state index contributed by atoms with van der Waals surface area (Å²) in [6, 6.07) is 5.99. The van der Waals surface area contributed by atoms with E-state index in [4.69, 9.17) is 10.00 Å². The van der Waals surface area contributed by atoms with Crippen LogP contribution in [0.5, 0.6) is 0 Å². The van der Waals surface area contributed by atoms with Gasteiger partial charge < -0.3 is 15.4 Å². The van der Waals surface area contributed by atoms with Crippen LogP contribution >= 0.6 is 0 Å². The quantitative estimate of drug-likeness (QED) is 0.724. The zero-order valence-corrected chi connectivity index (χ0v) is 16.9. The lowest BCUT2D eigenvalue weighted by Gasteiger charge is -2.37. The fourth-order valence-corrected chi connectivity index (χ4v) is 3.80. The van der Waals surface area contributed by atoms with Crippen molar-refractivity contribution in [2.45, 2.75) is 50.4 Å². The summed E-state index contributed by atoms with van der Waals surface area (Å²) in [5.74, 6) is -0.00934. The van der Waals surface area contributed by atoms with Gasteiger partial charge in [-0.3, -0.25) is 0 Å². The highest BCUT2D eigenvalue weighted by Gasteiger charge is 2.37. The van der Waals surface area contributed by atoms with Crippen LogP contribution in [0.3, 0.4) is 0 Å². The maximum absolute atomic E-state index is 13.1. The number of carbonyl (C=O) groups is 1. The number of amides is 2. The van der Waals surface area contributed by atoms with E-state index in [1.807, 2.05) is 6.07 Å². The van der Waals surface area contributed by atoms with Gasteiger partial charge in [0.15, 0.2) is 0 Å². The summed E-state index contributed by atoms with van der Waals surface area (Å²) in [4.78, 5) is 21.0. The molecular formula is C21H22F3N5O2. The Morgan fingerprint density at radius 2 is 2.00 bits per heavy atom. The highest BCUT2D eigenvalue weighted by molar-refractivity contribution is 5.90. The molecule has 0 spiro atoms. The van der Waals surface area contributed by atoms with Crippen LogP contribution < -0.4 is 10.6 Å². The van der Waals surface area contributed by atoms with Crippen molar-refractivity contribution in [2.24, 2.45) is 0 Å². The Kier molecular flexibility index (Phi) is 6.75. The number of aromatic nitrogens is 2. The van der Waals surface area contributed by atoms with Gasteiger partial charge in [-0.1, -0.05) is 25.3 Å². The molecule has 10 heteroatoms. The maximum atomic E-state index is 13.1. The first kappa shape index (κ1) is 22.5. The minimum Gasteiger partial charge on any atom is -0.380 e. The van der Waals surface area contributed by atoms with E-state index in [-0.39, 0.29) is 18.1 Å². The number of halogens is 3. The molecule has 31 heavy (non-hydrogen) atoms. The average Bonchev–Trinajstić information content (AvgIpc) is 2.75. The number of methoxy groups -OCH3 is 1. The largest absolute Gasteiger partial charge is 0.416 e. The number of nitrogens with one attached hydrogen (secondary N) is 2. The maximum Gasteiger partial charge on any atom is 0.416 e. The monoisotopic (exact) mass is 433 g/mol. The van der Waals surface area contributed by atoms with Crippen molar-refractivity contribution >= 4 is 11.7 Å². The number of urea groups is 1. The second-order valence-corrected chi connectivity index (χ2v) is 7.40. The molecule has 2 aromatic rings. The molecule has 1 heterocycles.